The summed E-state index contributed by atoms with van der Waals surface area (Å²) in [5.41, 5.74) is 0. The summed E-state index contributed by atoms with van der Waals surface area (Å²) in [5, 5.41) is 3.39. The molecule has 0 radical (unpaired) electrons. The van der Waals surface area contributed by atoms with Gasteiger partial charge in [-0.1, -0.05) is 12.8 Å². The maximum absolute atomic E-state index is 5.43. The summed E-state index contributed by atoms with van der Waals surface area (Å²) in [6, 6.07) is 4.03. The zero-order valence-corrected chi connectivity index (χ0v) is 9.71. The van der Waals surface area contributed by atoms with Gasteiger partial charge < -0.3 is 9.73 Å². The Morgan fingerprint density at radius 3 is 2.92 bits per heavy atom. The second kappa shape index (κ2) is 4.46. The Bertz CT molecular complexity index is 268. The molecule has 0 unspecified atom stereocenters. The lowest BCUT2D eigenvalue weighted by Gasteiger charge is -2.00. The van der Waals surface area contributed by atoms with Gasteiger partial charge in [0.15, 0.2) is 3.77 Å². The average molecular weight is 291 g/mol. The van der Waals surface area contributed by atoms with Crippen molar-refractivity contribution in [3.8, 4) is 0 Å². The summed E-state index contributed by atoms with van der Waals surface area (Å²) >= 11 is 2.19. The molecule has 13 heavy (non-hydrogen) atoms. The Hall–Kier alpha value is -0.0300. The molecule has 0 saturated heterocycles. The summed E-state index contributed by atoms with van der Waals surface area (Å²) in [5.74, 6) is 2.06. The van der Waals surface area contributed by atoms with Gasteiger partial charge in [-0.3, -0.25) is 0 Å². The van der Waals surface area contributed by atoms with Gasteiger partial charge >= 0.3 is 0 Å². The van der Waals surface area contributed by atoms with Crippen molar-refractivity contribution in [2.45, 2.75) is 25.8 Å². The lowest BCUT2D eigenvalue weighted by atomic mass is 10.3. The monoisotopic (exact) mass is 291 g/mol. The third-order valence-corrected chi connectivity index (χ3v) is 2.93. The number of halogens is 1. The van der Waals surface area contributed by atoms with Crippen molar-refractivity contribution in [1.82, 2.24) is 5.32 Å². The summed E-state index contributed by atoms with van der Waals surface area (Å²) in [6.45, 7) is 2.00. The fourth-order valence-electron chi connectivity index (χ4n) is 1.37. The molecular weight excluding hydrogens is 277 g/mol. The summed E-state index contributed by atoms with van der Waals surface area (Å²) < 4.78 is 6.40. The van der Waals surface area contributed by atoms with E-state index < -0.39 is 0 Å². The number of rotatable bonds is 5. The van der Waals surface area contributed by atoms with Crippen molar-refractivity contribution in [2.75, 3.05) is 6.54 Å². The molecule has 1 saturated carbocycles. The first-order chi connectivity index (χ1) is 6.34. The van der Waals surface area contributed by atoms with Crippen LogP contribution in [0.2, 0.25) is 0 Å². The molecule has 0 amide bonds. The number of hydrogen-bond acceptors (Lipinski definition) is 2. The molecule has 2 rings (SSSR count). The highest BCUT2D eigenvalue weighted by Gasteiger charge is 2.19. The van der Waals surface area contributed by atoms with Crippen molar-refractivity contribution in [3.05, 3.63) is 21.7 Å². The molecule has 0 bridgehead atoms. The minimum atomic E-state index is 0.871. The third-order valence-electron chi connectivity index (χ3n) is 2.35. The Morgan fingerprint density at radius 1 is 1.46 bits per heavy atom. The summed E-state index contributed by atoms with van der Waals surface area (Å²) in [4.78, 5) is 0. The number of nitrogens with one attached hydrogen (secondary N) is 1. The van der Waals surface area contributed by atoms with E-state index in [2.05, 4.69) is 27.9 Å². The van der Waals surface area contributed by atoms with Gasteiger partial charge in [-0.2, -0.15) is 0 Å². The van der Waals surface area contributed by atoms with E-state index in [0.29, 0.717) is 0 Å². The van der Waals surface area contributed by atoms with Crippen LogP contribution in [0, 0.1) is 9.68 Å². The predicted octanol–water partition coefficient (Wildman–Crippen LogP) is 2.77. The molecular formula is C10H14INO. The molecule has 0 aromatic carbocycles. The van der Waals surface area contributed by atoms with Crippen molar-refractivity contribution < 1.29 is 4.42 Å². The molecule has 1 N–H and O–H groups in total. The van der Waals surface area contributed by atoms with E-state index in [1.54, 1.807) is 0 Å². The second-order valence-electron chi connectivity index (χ2n) is 3.61. The number of furan rings is 1. The van der Waals surface area contributed by atoms with Crippen LogP contribution in [-0.2, 0) is 6.54 Å². The van der Waals surface area contributed by atoms with Gasteiger partial charge in [0.05, 0.1) is 6.54 Å². The van der Waals surface area contributed by atoms with Crippen LogP contribution in [0.25, 0.3) is 0 Å². The first-order valence-electron chi connectivity index (χ1n) is 4.79. The SMILES string of the molecule is Ic1ccc(CNCCC2CC2)o1. The highest BCUT2D eigenvalue weighted by Crippen LogP contribution is 2.31. The van der Waals surface area contributed by atoms with Gasteiger partial charge in [0.25, 0.3) is 0 Å². The Balaban J connectivity index is 1.61. The van der Waals surface area contributed by atoms with Crippen molar-refractivity contribution in [2.24, 2.45) is 5.92 Å². The molecule has 0 atom stereocenters. The molecule has 1 aliphatic carbocycles. The zero-order valence-electron chi connectivity index (χ0n) is 7.55. The van der Waals surface area contributed by atoms with Crippen LogP contribution < -0.4 is 5.32 Å². The molecule has 1 fully saturated rings. The van der Waals surface area contributed by atoms with Gasteiger partial charge in [0.1, 0.15) is 5.76 Å². The predicted molar refractivity (Wildman–Crippen MR) is 60.5 cm³/mol. The highest BCUT2D eigenvalue weighted by molar-refractivity contribution is 14.1. The Morgan fingerprint density at radius 2 is 2.31 bits per heavy atom. The van der Waals surface area contributed by atoms with Crippen molar-refractivity contribution >= 4 is 22.6 Å². The topological polar surface area (TPSA) is 25.2 Å². The fourth-order valence-corrected chi connectivity index (χ4v) is 1.83. The molecule has 1 aromatic heterocycles. The second-order valence-corrected chi connectivity index (χ2v) is 4.68. The van der Waals surface area contributed by atoms with E-state index in [4.69, 9.17) is 4.42 Å². The fraction of sp³-hybridized carbons (Fsp3) is 0.600. The van der Waals surface area contributed by atoms with E-state index in [1.165, 1.54) is 19.3 Å². The molecule has 2 nitrogen and oxygen atoms in total. The third kappa shape index (κ3) is 3.31. The van der Waals surface area contributed by atoms with E-state index >= 15 is 0 Å². The van der Waals surface area contributed by atoms with Gasteiger partial charge in [-0.25, -0.2) is 0 Å². The quantitative estimate of drug-likeness (QED) is 0.666. The van der Waals surface area contributed by atoms with E-state index in [1.807, 2.05) is 12.1 Å². The van der Waals surface area contributed by atoms with Gasteiger partial charge in [-0.05, 0) is 53.6 Å². The standard InChI is InChI=1S/C10H14INO/c11-10-4-3-9(13-10)7-12-6-5-8-1-2-8/h3-4,8,12H,1-2,5-7H2. The maximum Gasteiger partial charge on any atom is 0.164 e. The number of hydrogen-bond donors (Lipinski definition) is 1. The minimum Gasteiger partial charge on any atom is -0.454 e. The lowest BCUT2D eigenvalue weighted by Crippen LogP contribution is -2.14. The minimum absolute atomic E-state index is 0.871. The molecule has 1 aromatic rings. The van der Waals surface area contributed by atoms with Crippen LogP contribution in [-0.4, -0.2) is 6.54 Å². The molecule has 0 aliphatic heterocycles. The van der Waals surface area contributed by atoms with Crippen LogP contribution in [0.15, 0.2) is 16.5 Å². The lowest BCUT2D eigenvalue weighted by molar-refractivity contribution is 0.459. The van der Waals surface area contributed by atoms with E-state index in [-0.39, 0.29) is 0 Å². The van der Waals surface area contributed by atoms with E-state index in [9.17, 15) is 0 Å². The van der Waals surface area contributed by atoms with Crippen LogP contribution in [0.3, 0.4) is 0 Å². The molecule has 72 valence electrons. The van der Waals surface area contributed by atoms with Gasteiger partial charge in [0, 0.05) is 0 Å². The Labute approximate surface area is 92.2 Å². The summed E-state index contributed by atoms with van der Waals surface area (Å²) in [6.07, 6.45) is 4.22. The van der Waals surface area contributed by atoms with Crippen molar-refractivity contribution in [1.29, 1.82) is 0 Å². The Kier molecular flexibility index (Phi) is 3.27. The normalized spacial score (nSPS) is 16.4. The smallest absolute Gasteiger partial charge is 0.164 e. The van der Waals surface area contributed by atoms with Gasteiger partial charge in [0.2, 0.25) is 0 Å². The highest BCUT2D eigenvalue weighted by atomic mass is 127. The largest absolute Gasteiger partial charge is 0.454 e. The van der Waals surface area contributed by atoms with Crippen LogP contribution >= 0.6 is 22.6 Å². The average Bonchev–Trinajstić information content (AvgIpc) is 2.84. The zero-order chi connectivity index (χ0) is 9.10. The van der Waals surface area contributed by atoms with Crippen LogP contribution in [0.4, 0.5) is 0 Å². The molecule has 1 heterocycles. The maximum atomic E-state index is 5.43. The van der Waals surface area contributed by atoms with Gasteiger partial charge in [-0.15, -0.1) is 0 Å². The van der Waals surface area contributed by atoms with Crippen molar-refractivity contribution in [3.63, 3.8) is 0 Å². The first kappa shape index (κ1) is 9.52. The summed E-state index contributed by atoms with van der Waals surface area (Å²) in [7, 11) is 0. The van der Waals surface area contributed by atoms with Crippen LogP contribution in [0.1, 0.15) is 25.0 Å². The van der Waals surface area contributed by atoms with E-state index in [0.717, 1.165) is 28.5 Å². The van der Waals surface area contributed by atoms with Crippen LogP contribution in [0.5, 0.6) is 0 Å². The molecule has 1 aliphatic rings. The molecule has 0 spiro atoms. The molecule has 3 heteroatoms. The first-order valence-corrected chi connectivity index (χ1v) is 5.87.